The molecule has 0 fully saturated rings. The van der Waals surface area contributed by atoms with Gasteiger partial charge in [-0.25, -0.2) is 8.42 Å². The van der Waals surface area contributed by atoms with Crippen LogP contribution in [0.2, 0.25) is 0 Å². The number of anilines is 1. The van der Waals surface area contributed by atoms with Crippen LogP contribution >= 0.6 is 11.3 Å². The number of carbonyl (C=O) groups is 1. The van der Waals surface area contributed by atoms with Crippen molar-refractivity contribution in [1.82, 2.24) is 0 Å². The molecule has 1 aromatic heterocycles. The summed E-state index contributed by atoms with van der Waals surface area (Å²) in [6, 6.07) is 16.0. The Labute approximate surface area is 174 Å². The first-order chi connectivity index (χ1) is 14.0. The molecule has 29 heavy (non-hydrogen) atoms. The van der Waals surface area contributed by atoms with Gasteiger partial charge in [-0.1, -0.05) is 37.3 Å². The highest BCUT2D eigenvalue weighted by atomic mass is 32.2. The van der Waals surface area contributed by atoms with E-state index in [4.69, 9.17) is 4.74 Å². The highest BCUT2D eigenvalue weighted by Gasteiger charge is 2.34. The number of hydrogen-bond donors (Lipinski definition) is 1. The quantitative estimate of drug-likeness (QED) is 0.611. The van der Waals surface area contributed by atoms with E-state index in [1.54, 1.807) is 35.7 Å². The molecule has 4 rings (SSSR count). The lowest BCUT2D eigenvalue weighted by Crippen LogP contribution is -2.23. The number of thiophene rings is 1. The van der Waals surface area contributed by atoms with Crippen LogP contribution < -0.4 is 10.1 Å². The Kier molecular flexibility index (Phi) is 5.43. The van der Waals surface area contributed by atoms with Crippen LogP contribution in [0.1, 0.15) is 36.1 Å². The lowest BCUT2D eigenvalue weighted by molar-refractivity contribution is -0.116. The third-order valence-electron chi connectivity index (χ3n) is 4.83. The van der Waals surface area contributed by atoms with Crippen molar-refractivity contribution in [3.8, 4) is 5.75 Å². The highest BCUT2D eigenvalue weighted by Crippen LogP contribution is 2.46. The van der Waals surface area contributed by atoms with E-state index >= 15 is 0 Å². The molecule has 3 aromatic rings. The summed E-state index contributed by atoms with van der Waals surface area (Å²) in [5.74, 6) is 0.365. The predicted octanol–water partition coefficient (Wildman–Crippen LogP) is 4.84. The van der Waals surface area contributed by atoms with Gasteiger partial charge in [-0.2, -0.15) is 0 Å². The van der Waals surface area contributed by atoms with E-state index in [2.05, 4.69) is 5.32 Å². The molecule has 150 valence electrons. The first kappa shape index (κ1) is 19.7. The minimum absolute atomic E-state index is 0.153. The van der Waals surface area contributed by atoms with E-state index in [0.717, 1.165) is 22.6 Å². The number of benzene rings is 2. The topological polar surface area (TPSA) is 72.5 Å². The summed E-state index contributed by atoms with van der Waals surface area (Å²) in [7, 11) is -3.72. The number of nitrogens with one attached hydrogen (secondary N) is 1. The molecule has 1 amide bonds. The second-order valence-electron chi connectivity index (χ2n) is 6.88. The Morgan fingerprint density at radius 1 is 1.14 bits per heavy atom. The lowest BCUT2D eigenvalue weighted by Gasteiger charge is -2.24. The molecule has 0 saturated carbocycles. The van der Waals surface area contributed by atoms with Gasteiger partial charge in [0.1, 0.15) is 10.6 Å². The smallest absolute Gasteiger partial charge is 0.225 e. The van der Waals surface area contributed by atoms with Crippen molar-refractivity contribution in [2.75, 3.05) is 11.9 Å². The van der Waals surface area contributed by atoms with Gasteiger partial charge in [0.2, 0.25) is 15.7 Å². The van der Waals surface area contributed by atoms with E-state index < -0.39 is 9.84 Å². The third-order valence-corrected chi connectivity index (χ3v) is 7.87. The summed E-state index contributed by atoms with van der Waals surface area (Å²) in [6.07, 6.45) is 1.18. The minimum Gasteiger partial charge on any atom is -0.494 e. The summed E-state index contributed by atoms with van der Waals surface area (Å²) >= 11 is 1.37. The van der Waals surface area contributed by atoms with Crippen LogP contribution in [0.3, 0.4) is 0 Å². The molecule has 5 nitrogen and oxygen atoms in total. The van der Waals surface area contributed by atoms with Crippen LogP contribution in [-0.2, 0) is 14.6 Å². The summed E-state index contributed by atoms with van der Waals surface area (Å²) in [6.45, 7) is 2.67. The minimum atomic E-state index is -3.72. The third kappa shape index (κ3) is 3.80. The normalized spacial score (nSPS) is 16.2. The summed E-state index contributed by atoms with van der Waals surface area (Å²) in [5, 5.41) is 4.42. The number of ether oxygens (including phenoxy) is 1. The van der Waals surface area contributed by atoms with Crippen molar-refractivity contribution >= 4 is 32.8 Å². The van der Waals surface area contributed by atoms with Crippen molar-refractivity contribution in [3.05, 3.63) is 70.4 Å². The fourth-order valence-corrected chi connectivity index (χ4v) is 6.37. The SMILES string of the molecule is CCCOc1cccc(C2CC(=O)Nc3c(S(=O)(=O)c4ccccc4)csc32)c1. The average Bonchev–Trinajstić information content (AvgIpc) is 3.17. The molecule has 1 aliphatic rings. The van der Waals surface area contributed by atoms with Crippen molar-refractivity contribution in [3.63, 3.8) is 0 Å². The van der Waals surface area contributed by atoms with Gasteiger partial charge in [-0.05, 0) is 36.2 Å². The van der Waals surface area contributed by atoms with Crippen LogP contribution in [0.15, 0.2) is 69.8 Å². The van der Waals surface area contributed by atoms with Gasteiger partial charge < -0.3 is 10.1 Å². The van der Waals surface area contributed by atoms with Crippen molar-refractivity contribution in [1.29, 1.82) is 0 Å². The second kappa shape index (κ2) is 8.00. The van der Waals surface area contributed by atoms with Gasteiger partial charge in [0, 0.05) is 22.6 Å². The number of carbonyl (C=O) groups excluding carboxylic acids is 1. The van der Waals surface area contributed by atoms with E-state index in [1.807, 2.05) is 31.2 Å². The van der Waals surface area contributed by atoms with Gasteiger partial charge in [-0.3, -0.25) is 4.79 Å². The Bertz CT molecular complexity index is 1140. The van der Waals surface area contributed by atoms with Gasteiger partial charge in [0.25, 0.3) is 0 Å². The highest BCUT2D eigenvalue weighted by molar-refractivity contribution is 7.91. The van der Waals surface area contributed by atoms with Gasteiger partial charge in [-0.15, -0.1) is 11.3 Å². The van der Waals surface area contributed by atoms with E-state index in [0.29, 0.717) is 12.3 Å². The Hall–Kier alpha value is -2.64. The standard InChI is InChI=1S/C22H21NO4S2/c1-2-11-27-16-8-6-7-15(12-16)18-13-20(24)23-21-19(14-28-22(18)21)29(25,26)17-9-4-3-5-10-17/h3-10,12,14,18H,2,11,13H2,1H3,(H,23,24). The molecule has 1 unspecified atom stereocenters. The molecular formula is C22H21NO4S2. The van der Waals surface area contributed by atoms with E-state index in [1.165, 1.54) is 11.3 Å². The van der Waals surface area contributed by atoms with Crippen LogP contribution in [0, 0.1) is 0 Å². The zero-order valence-corrected chi connectivity index (χ0v) is 17.6. The number of amides is 1. The van der Waals surface area contributed by atoms with Crippen LogP contribution in [-0.4, -0.2) is 20.9 Å². The molecule has 2 heterocycles. The maximum atomic E-state index is 13.1. The molecule has 2 aromatic carbocycles. The molecule has 0 radical (unpaired) electrons. The Balaban J connectivity index is 1.76. The van der Waals surface area contributed by atoms with Gasteiger partial charge in [0.15, 0.2) is 0 Å². The zero-order chi connectivity index (χ0) is 20.4. The summed E-state index contributed by atoms with van der Waals surface area (Å²) < 4.78 is 32.0. The van der Waals surface area contributed by atoms with Gasteiger partial charge in [0.05, 0.1) is 17.2 Å². The first-order valence-corrected chi connectivity index (χ1v) is 11.8. The van der Waals surface area contributed by atoms with Crippen LogP contribution in [0.4, 0.5) is 5.69 Å². The van der Waals surface area contributed by atoms with E-state index in [-0.39, 0.29) is 28.0 Å². The largest absolute Gasteiger partial charge is 0.494 e. The fraction of sp³-hybridized carbons (Fsp3) is 0.227. The Morgan fingerprint density at radius 3 is 2.69 bits per heavy atom. The second-order valence-corrected chi connectivity index (χ2v) is 9.71. The molecule has 1 atom stereocenters. The predicted molar refractivity (Wildman–Crippen MR) is 114 cm³/mol. The molecule has 1 N–H and O–H groups in total. The van der Waals surface area contributed by atoms with Gasteiger partial charge >= 0.3 is 0 Å². The first-order valence-electron chi connectivity index (χ1n) is 9.45. The maximum Gasteiger partial charge on any atom is 0.225 e. The van der Waals surface area contributed by atoms with Crippen molar-refractivity contribution in [2.24, 2.45) is 0 Å². The maximum absolute atomic E-state index is 13.1. The summed E-state index contributed by atoms with van der Waals surface area (Å²) in [5.41, 5.74) is 1.35. The monoisotopic (exact) mass is 427 g/mol. The van der Waals surface area contributed by atoms with Crippen molar-refractivity contribution in [2.45, 2.75) is 35.5 Å². The summed E-state index contributed by atoms with van der Waals surface area (Å²) in [4.78, 5) is 13.7. The zero-order valence-electron chi connectivity index (χ0n) is 15.9. The average molecular weight is 428 g/mol. The molecule has 1 aliphatic heterocycles. The van der Waals surface area contributed by atoms with Crippen molar-refractivity contribution < 1.29 is 17.9 Å². The molecule has 0 saturated heterocycles. The number of fused-ring (bicyclic) bond motifs is 1. The number of rotatable bonds is 6. The van der Waals surface area contributed by atoms with Crippen LogP contribution in [0.5, 0.6) is 5.75 Å². The fourth-order valence-electron chi connectivity index (χ4n) is 3.44. The molecule has 0 spiro atoms. The molecule has 0 aliphatic carbocycles. The number of hydrogen-bond acceptors (Lipinski definition) is 5. The van der Waals surface area contributed by atoms with E-state index in [9.17, 15) is 13.2 Å². The molecular weight excluding hydrogens is 406 g/mol. The Morgan fingerprint density at radius 2 is 1.93 bits per heavy atom. The lowest BCUT2D eigenvalue weighted by atomic mass is 9.90. The van der Waals surface area contributed by atoms with Crippen LogP contribution in [0.25, 0.3) is 0 Å². The molecule has 7 heteroatoms. The number of sulfone groups is 1. The molecule has 0 bridgehead atoms.